The molecule has 0 spiro atoms. The molecule has 0 saturated heterocycles. The van der Waals surface area contributed by atoms with Gasteiger partial charge in [0.05, 0.1) is 5.66 Å². The van der Waals surface area contributed by atoms with Crippen molar-refractivity contribution in [1.29, 1.82) is 0 Å². The summed E-state index contributed by atoms with van der Waals surface area (Å²) in [5.74, 6) is 0.554. The largest absolute Gasteiger partial charge is 0.508 e. The predicted octanol–water partition coefficient (Wildman–Crippen LogP) is 6.03. The summed E-state index contributed by atoms with van der Waals surface area (Å²) >= 11 is 0. The first kappa shape index (κ1) is 19.0. The van der Waals surface area contributed by atoms with Crippen LogP contribution in [0.4, 0.5) is 0 Å². The van der Waals surface area contributed by atoms with Crippen LogP contribution < -0.4 is 10.6 Å². The number of rotatable bonds is 5. The molecule has 2 nitrogen and oxygen atoms in total. The second-order valence-corrected chi connectivity index (χ2v) is 10.6. The van der Waals surface area contributed by atoms with Crippen molar-refractivity contribution >= 4 is 17.8 Å². The standard InChI is InChI=1S/C25H27O2P/c26-24-19-11-10-18-23(24)25(20-12-4-1-5-13-20)28(27,21-14-6-2-7-15-21)22-16-8-3-9-17-22/h2-3,6-11,14-20,25-26H,1,4-5,12-13H2. The normalized spacial score (nSPS) is 16.6. The van der Waals surface area contributed by atoms with Gasteiger partial charge in [0.1, 0.15) is 5.75 Å². The molecule has 0 heterocycles. The lowest BCUT2D eigenvalue weighted by Gasteiger charge is -2.37. The average molecular weight is 390 g/mol. The van der Waals surface area contributed by atoms with Gasteiger partial charge in [0, 0.05) is 16.2 Å². The molecule has 3 aromatic rings. The fraction of sp³-hybridized carbons (Fsp3) is 0.280. The number of para-hydroxylation sites is 1. The van der Waals surface area contributed by atoms with Gasteiger partial charge in [0.15, 0.2) is 7.14 Å². The minimum atomic E-state index is -3.01. The fourth-order valence-corrected chi connectivity index (χ4v) is 8.38. The molecule has 1 atom stereocenters. The molecule has 1 fully saturated rings. The molecule has 28 heavy (non-hydrogen) atoms. The van der Waals surface area contributed by atoms with E-state index < -0.39 is 7.14 Å². The Balaban J connectivity index is 1.96. The molecule has 0 amide bonds. The van der Waals surface area contributed by atoms with E-state index in [4.69, 9.17) is 0 Å². The van der Waals surface area contributed by atoms with Crippen molar-refractivity contribution in [1.82, 2.24) is 0 Å². The summed E-state index contributed by atoms with van der Waals surface area (Å²) in [6.07, 6.45) is 5.69. The molecule has 0 aliphatic heterocycles. The molecule has 4 rings (SSSR count). The van der Waals surface area contributed by atoms with Crippen molar-refractivity contribution in [2.75, 3.05) is 0 Å². The zero-order valence-corrected chi connectivity index (χ0v) is 17.0. The lowest BCUT2D eigenvalue weighted by atomic mass is 9.84. The lowest BCUT2D eigenvalue weighted by Crippen LogP contribution is -2.27. The Bertz CT molecular complexity index is 903. The van der Waals surface area contributed by atoms with Crippen LogP contribution in [0.3, 0.4) is 0 Å². The Morgan fingerprint density at radius 2 is 1.21 bits per heavy atom. The van der Waals surface area contributed by atoms with Crippen molar-refractivity contribution in [3.8, 4) is 5.75 Å². The topological polar surface area (TPSA) is 37.3 Å². The van der Waals surface area contributed by atoms with Crippen molar-refractivity contribution in [3.05, 3.63) is 90.5 Å². The average Bonchev–Trinajstić information content (AvgIpc) is 2.77. The molecule has 0 bridgehead atoms. The summed E-state index contributed by atoms with van der Waals surface area (Å²) in [6.45, 7) is 0. The van der Waals surface area contributed by atoms with Crippen molar-refractivity contribution in [2.24, 2.45) is 5.92 Å². The summed E-state index contributed by atoms with van der Waals surface area (Å²) in [6, 6.07) is 27.2. The molecule has 144 valence electrons. The number of phenolic OH excluding ortho intramolecular Hbond substituents is 1. The summed E-state index contributed by atoms with van der Waals surface area (Å²) in [7, 11) is -3.01. The van der Waals surface area contributed by atoms with Crippen LogP contribution in [-0.2, 0) is 4.57 Å². The Morgan fingerprint density at radius 1 is 0.714 bits per heavy atom. The highest BCUT2D eigenvalue weighted by molar-refractivity contribution is 7.79. The van der Waals surface area contributed by atoms with Gasteiger partial charge in [-0.3, -0.25) is 0 Å². The van der Waals surface area contributed by atoms with Gasteiger partial charge in [-0.15, -0.1) is 0 Å². The van der Waals surface area contributed by atoms with Gasteiger partial charge in [-0.05, 0) is 24.8 Å². The van der Waals surface area contributed by atoms with E-state index in [-0.39, 0.29) is 11.4 Å². The number of hydrogen-bond acceptors (Lipinski definition) is 2. The van der Waals surface area contributed by atoms with Crippen molar-refractivity contribution < 1.29 is 9.67 Å². The molecular weight excluding hydrogens is 363 g/mol. The van der Waals surface area contributed by atoms with Gasteiger partial charge in [-0.2, -0.15) is 0 Å². The van der Waals surface area contributed by atoms with E-state index in [0.717, 1.165) is 29.0 Å². The van der Waals surface area contributed by atoms with E-state index in [2.05, 4.69) is 0 Å². The minimum absolute atomic E-state index is 0.209. The van der Waals surface area contributed by atoms with Crippen LogP contribution in [0, 0.1) is 5.92 Å². The first-order valence-electron chi connectivity index (χ1n) is 10.2. The summed E-state index contributed by atoms with van der Waals surface area (Å²) in [5.41, 5.74) is 0.615. The van der Waals surface area contributed by atoms with Gasteiger partial charge in [0.25, 0.3) is 0 Å². The third kappa shape index (κ3) is 3.54. The van der Waals surface area contributed by atoms with Gasteiger partial charge in [0.2, 0.25) is 0 Å². The molecule has 3 aromatic carbocycles. The molecule has 1 aliphatic rings. The van der Waals surface area contributed by atoms with Gasteiger partial charge >= 0.3 is 0 Å². The molecule has 3 heteroatoms. The maximum absolute atomic E-state index is 15.1. The zero-order chi connectivity index (χ0) is 19.4. The Hall–Kier alpha value is -2.31. The monoisotopic (exact) mass is 390 g/mol. The fourth-order valence-electron chi connectivity index (χ4n) is 4.70. The zero-order valence-electron chi connectivity index (χ0n) is 16.1. The van der Waals surface area contributed by atoms with Gasteiger partial charge in [-0.1, -0.05) is 98.1 Å². The molecule has 1 aliphatic carbocycles. The highest BCUT2D eigenvalue weighted by Crippen LogP contribution is 2.63. The van der Waals surface area contributed by atoms with E-state index in [1.54, 1.807) is 6.07 Å². The molecule has 0 radical (unpaired) electrons. The quantitative estimate of drug-likeness (QED) is 0.540. The highest BCUT2D eigenvalue weighted by atomic mass is 31.2. The number of benzene rings is 3. The van der Waals surface area contributed by atoms with Crippen LogP contribution in [0.15, 0.2) is 84.9 Å². The first-order chi connectivity index (χ1) is 13.7. The van der Waals surface area contributed by atoms with Gasteiger partial charge in [-0.25, -0.2) is 0 Å². The van der Waals surface area contributed by atoms with Crippen LogP contribution in [-0.4, -0.2) is 5.11 Å². The van der Waals surface area contributed by atoms with Crippen LogP contribution in [0.2, 0.25) is 0 Å². The first-order valence-corrected chi connectivity index (χ1v) is 12.0. The smallest absolute Gasteiger partial charge is 0.150 e. The van der Waals surface area contributed by atoms with E-state index >= 15 is 4.57 Å². The van der Waals surface area contributed by atoms with E-state index in [0.29, 0.717) is 5.92 Å². The minimum Gasteiger partial charge on any atom is -0.508 e. The third-order valence-corrected chi connectivity index (χ3v) is 9.64. The number of aromatic hydroxyl groups is 1. The van der Waals surface area contributed by atoms with Crippen LogP contribution >= 0.6 is 7.14 Å². The van der Waals surface area contributed by atoms with Gasteiger partial charge < -0.3 is 9.67 Å². The summed E-state index contributed by atoms with van der Waals surface area (Å²) < 4.78 is 15.1. The molecule has 1 unspecified atom stereocenters. The third-order valence-electron chi connectivity index (χ3n) is 6.02. The summed E-state index contributed by atoms with van der Waals surface area (Å²) in [4.78, 5) is 0. The SMILES string of the molecule is O=P(c1ccccc1)(c1ccccc1)C(c1ccccc1O)C1CCCCC1. The maximum atomic E-state index is 15.1. The van der Waals surface area contributed by atoms with E-state index in [1.807, 2.05) is 78.9 Å². The van der Waals surface area contributed by atoms with Crippen molar-refractivity contribution in [2.45, 2.75) is 37.8 Å². The van der Waals surface area contributed by atoms with Crippen LogP contribution in [0.1, 0.15) is 43.3 Å². The second kappa shape index (κ2) is 8.37. The Kier molecular flexibility index (Phi) is 5.69. The van der Waals surface area contributed by atoms with E-state index in [9.17, 15) is 5.11 Å². The molecule has 1 N–H and O–H groups in total. The van der Waals surface area contributed by atoms with E-state index in [1.165, 1.54) is 19.3 Å². The summed E-state index contributed by atoms with van der Waals surface area (Å²) in [5, 5.41) is 12.5. The number of phenols is 1. The van der Waals surface area contributed by atoms with Crippen LogP contribution in [0.5, 0.6) is 5.75 Å². The molecule has 1 saturated carbocycles. The second-order valence-electron chi connectivity index (χ2n) is 7.73. The van der Waals surface area contributed by atoms with Crippen LogP contribution in [0.25, 0.3) is 0 Å². The molecule has 0 aromatic heterocycles. The highest BCUT2D eigenvalue weighted by Gasteiger charge is 2.43. The predicted molar refractivity (Wildman–Crippen MR) is 117 cm³/mol. The number of hydrogen-bond donors (Lipinski definition) is 1. The maximum Gasteiger partial charge on any atom is 0.150 e. The lowest BCUT2D eigenvalue weighted by molar-refractivity contribution is 0.339. The Morgan fingerprint density at radius 3 is 1.75 bits per heavy atom. The Labute approximate surface area is 167 Å². The van der Waals surface area contributed by atoms with Crippen molar-refractivity contribution in [3.63, 3.8) is 0 Å². The molecular formula is C25H27O2P.